The Kier molecular flexibility index (Phi) is 6.46. The average molecular weight is 401 g/mol. The van der Waals surface area contributed by atoms with Crippen LogP contribution in [-0.4, -0.2) is 42.4 Å². The first-order valence-corrected chi connectivity index (χ1v) is 10.3. The molecule has 0 atom stereocenters. The molecule has 2 aromatic rings. The van der Waals surface area contributed by atoms with Crippen LogP contribution in [-0.2, 0) is 22.4 Å². The predicted octanol–water partition coefficient (Wildman–Crippen LogP) is 3.51. The maximum absolute atomic E-state index is 12.3. The number of carbonyl (C=O) groups excluding carboxylic acids is 3. The lowest BCUT2D eigenvalue weighted by atomic mass is 10.2. The summed E-state index contributed by atoms with van der Waals surface area (Å²) in [6.45, 7) is 4.81. The van der Waals surface area contributed by atoms with Crippen molar-refractivity contribution in [2.75, 3.05) is 25.0 Å². The van der Waals surface area contributed by atoms with Crippen molar-refractivity contribution in [2.45, 2.75) is 33.1 Å². The normalized spacial score (nSPS) is 12.4. The van der Waals surface area contributed by atoms with Gasteiger partial charge in [-0.25, -0.2) is 4.79 Å². The number of hydrogen-bond acceptors (Lipinski definition) is 5. The molecule has 0 saturated carbocycles. The van der Waals surface area contributed by atoms with Crippen LogP contribution in [0, 0.1) is 0 Å². The predicted molar refractivity (Wildman–Crippen MR) is 109 cm³/mol. The SMILES string of the molecule is CCN(CC)C(=O)c1ccc(NC(=O)COC(=O)c2cc3c(s2)CCC3)cc1. The van der Waals surface area contributed by atoms with Gasteiger partial charge in [-0.1, -0.05) is 0 Å². The van der Waals surface area contributed by atoms with Gasteiger partial charge < -0.3 is 15.0 Å². The summed E-state index contributed by atoms with van der Waals surface area (Å²) in [4.78, 5) is 40.0. The van der Waals surface area contributed by atoms with E-state index in [2.05, 4.69) is 5.32 Å². The minimum absolute atomic E-state index is 0.0420. The summed E-state index contributed by atoms with van der Waals surface area (Å²) in [5.41, 5.74) is 2.34. The second-order valence-corrected chi connectivity index (χ2v) is 7.73. The van der Waals surface area contributed by atoms with Gasteiger partial charge in [0, 0.05) is 29.2 Å². The second kappa shape index (κ2) is 9.01. The lowest BCUT2D eigenvalue weighted by Gasteiger charge is -2.18. The van der Waals surface area contributed by atoms with Crippen LogP contribution in [0.1, 0.15) is 50.7 Å². The highest BCUT2D eigenvalue weighted by atomic mass is 32.1. The molecular formula is C21H24N2O4S. The van der Waals surface area contributed by atoms with E-state index in [-0.39, 0.29) is 12.5 Å². The van der Waals surface area contributed by atoms with Gasteiger partial charge in [0.2, 0.25) is 0 Å². The summed E-state index contributed by atoms with van der Waals surface area (Å²) < 4.78 is 5.12. The van der Waals surface area contributed by atoms with Gasteiger partial charge in [-0.15, -0.1) is 11.3 Å². The largest absolute Gasteiger partial charge is 0.451 e. The molecule has 28 heavy (non-hydrogen) atoms. The fraction of sp³-hybridized carbons (Fsp3) is 0.381. The second-order valence-electron chi connectivity index (χ2n) is 6.59. The zero-order valence-corrected chi connectivity index (χ0v) is 16.9. The van der Waals surface area contributed by atoms with E-state index >= 15 is 0 Å². The Morgan fingerprint density at radius 2 is 1.82 bits per heavy atom. The third-order valence-corrected chi connectivity index (χ3v) is 5.97. The molecule has 3 rings (SSSR count). The van der Waals surface area contributed by atoms with E-state index in [9.17, 15) is 14.4 Å². The quantitative estimate of drug-likeness (QED) is 0.722. The number of aryl methyl sites for hydroxylation is 2. The highest BCUT2D eigenvalue weighted by molar-refractivity contribution is 7.14. The van der Waals surface area contributed by atoms with Gasteiger partial charge in [0.25, 0.3) is 11.8 Å². The Labute approximate surface area is 168 Å². The number of hydrogen-bond donors (Lipinski definition) is 1. The van der Waals surface area contributed by atoms with Crippen LogP contribution in [0.25, 0.3) is 0 Å². The van der Waals surface area contributed by atoms with E-state index in [1.165, 1.54) is 21.8 Å². The highest BCUT2D eigenvalue weighted by Gasteiger charge is 2.20. The molecule has 0 fully saturated rings. The number of esters is 1. The van der Waals surface area contributed by atoms with Crippen LogP contribution < -0.4 is 5.32 Å². The summed E-state index contributed by atoms with van der Waals surface area (Å²) in [6, 6.07) is 8.56. The van der Waals surface area contributed by atoms with Crippen molar-refractivity contribution in [1.29, 1.82) is 0 Å². The fourth-order valence-electron chi connectivity index (χ4n) is 3.22. The number of amides is 2. The summed E-state index contributed by atoms with van der Waals surface area (Å²) in [5, 5.41) is 2.67. The topological polar surface area (TPSA) is 75.7 Å². The Morgan fingerprint density at radius 3 is 2.46 bits per heavy atom. The van der Waals surface area contributed by atoms with Crippen LogP contribution in [0.15, 0.2) is 30.3 Å². The number of thiophene rings is 1. The summed E-state index contributed by atoms with van der Waals surface area (Å²) in [5.74, 6) is -0.922. The van der Waals surface area contributed by atoms with Gasteiger partial charge in [-0.3, -0.25) is 9.59 Å². The molecule has 0 radical (unpaired) electrons. The molecule has 0 aliphatic heterocycles. The van der Waals surface area contributed by atoms with Crippen molar-refractivity contribution in [2.24, 2.45) is 0 Å². The highest BCUT2D eigenvalue weighted by Crippen LogP contribution is 2.30. The minimum atomic E-state index is -0.463. The van der Waals surface area contributed by atoms with E-state index in [1.807, 2.05) is 19.9 Å². The Hall–Kier alpha value is -2.67. The molecule has 148 valence electrons. The molecule has 1 aromatic carbocycles. The molecule has 0 unspecified atom stereocenters. The summed E-state index contributed by atoms with van der Waals surface area (Å²) in [7, 11) is 0. The first-order valence-electron chi connectivity index (χ1n) is 9.49. The zero-order valence-electron chi connectivity index (χ0n) is 16.1. The number of anilines is 1. The number of ether oxygens (including phenoxy) is 1. The van der Waals surface area contributed by atoms with E-state index in [1.54, 1.807) is 29.2 Å². The zero-order chi connectivity index (χ0) is 20.1. The number of nitrogens with one attached hydrogen (secondary N) is 1. The van der Waals surface area contributed by atoms with Crippen LogP contribution in [0.2, 0.25) is 0 Å². The van der Waals surface area contributed by atoms with Crippen LogP contribution >= 0.6 is 11.3 Å². The summed E-state index contributed by atoms with van der Waals surface area (Å²) >= 11 is 1.45. The van der Waals surface area contributed by atoms with Crippen molar-refractivity contribution in [1.82, 2.24) is 4.90 Å². The maximum Gasteiger partial charge on any atom is 0.348 e. The number of rotatable bonds is 7. The standard InChI is InChI=1S/C21H24N2O4S/c1-3-23(4-2)20(25)14-8-10-16(11-9-14)22-19(24)13-27-21(26)18-12-15-6-5-7-17(15)28-18/h8-12H,3-7,13H2,1-2H3,(H,22,24). The molecule has 7 heteroatoms. The number of carbonyl (C=O) groups is 3. The first kappa shape index (κ1) is 20.1. The van der Waals surface area contributed by atoms with E-state index in [0.717, 1.165) is 19.3 Å². The van der Waals surface area contributed by atoms with E-state index in [0.29, 0.717) is 29.2 Å². The van der Waals surface area contributed by atoms with Crippen molar-refractivity contribution in [3.05, 3.63) is 51.2 Å². The average Bonchev–Trinajstić information content (AvgIpc) is 3.30. The first-order chi connectivity index (χ1) is 13.5. The van der Waals surface area contributed by atoms with Gasteiger partial charge in [0.1, 0.15) is 4.88 Å². The molecular weight excluding hydrogens is 376 g/mol. The molecule has 0 saturated heterocycles. The molecule has 6 nitrogen and oxygen atoms in total. The van der Waals surface area contributed by atoms with Gasteiger partial charge >= 0.3 is 5.97 Å². The molecule has 1 heterocycles. The third kappa shape index (κ3) is 4.59. The monoisotopic (exact) mass is 400 g/mol. The van der Waals surface area contributed by atoms with E-state index in [4.69, 9.17) is 4.74 Å². The maximum atomic E-state index is 12.3. The Balaban J connectivity index is 1.50. The van der Waals surface area contributed by atoms with Crippen LogP contribution in [0.4, 0.5) is 5.69 Å². The fourth-order valence-corrected chi connectivity index (χ4v) is 4.37. The third-order valence-electron chi connectivity index (χ3n) is 4.75. The van der Waals surface area contributed by atoms with Gasteiger partial charge in [-0.05, 0) is 69.0 Å². The molecule has 0 bridgehead atoms. The van der Waals surface area contributed by atoms with Crippen LogP contribution in [0.5, 0.6) is 0 Å². The smallest absolute Gasteiger partial charge is 0.348 e. The Morgan fingerprint density at radius 1 is 1.11 bits per heavy atom. The lowest BCUT2D eigenvalue weighted by Crippen LogP contribution is -2.30. The number of fused-ring (bicyclic) bond motifs is 1. The van der Waals surface area contributed by atoms with Crippen molar-refractivity contribution >= 4 is 34.8 Å². The van der Waals surface area contributed by atoms with Crippen molar-refractivity contribution < 1.29 is 19.1 Å². The number of nitrogens with zero attached hydrogens (tertiary/aromatic N) is 1. The minimum Gasteiger partial charge on any atom is -0.451 e. The molecule has 1 aliphatic rings. The van der Waals surface area contributed by atoms with Crippen LogP contribution in [0.3, 0.4) is 0 Å². The van der Waals surface area contributed by atoms with Gasteiger partial charge in [0.05, 0.1) is 0 Å². The van der Waals surface area contributed by atoms with Crippen molar-refractivity contribution in [3.8, 4) is 0 Å². The number of benzene rings is 1. The van der Waals surface area contributed by atoms with Gasteiger partial charge in [0.15, 0.2) is 6.61 Å². The molecule has 1 N–H and O–H groups in total. The molecule has 1 aliphatic carbocycles. The Bertz CT molecular complexity index is 848. The molecule has 1 aromatic heterocycles. The molecule has 0 spiro atoms. The van der Waals surface area contributed by atoms with E-state index < -0.39 is 11.9 Å². The molecule has 2 amide bonds. The van der Waals surface area contributed by atoms with Gasteiger partial charge in [-0.2, -0.15) is 0 Å². The van der Waals surface area contributed by atoms with Crippen molar-refractivity contribution in [3.63, 3.8) is 0 Å². The lowest BCUT2D eigenvalue weighted by molar-refractivity contribution is -0.119. The summed E-state index contributed by atoms with van der Waals surface area (Å²) in [6.07, 6.45) is 3.16.